The highest BCUT2D eigenvalue weighted by atomic mass is 79.9. The summed E-state index contributed by atoms with van der Waals surface area (Å²) < 4.78 is 1.00. The molecule has 0 aliphatic rings. The predicted molar refractivity (Wildman–Crippen MR) is 91.0 cm³/mol. The summed E-state index contributed by atoms with van der Waals surface area (Å²) in [5.41, 5.74) is 10.8. The third-order valence-electron chi connectivity index (χ3n) is 3.57. The lowest BCUT2D eigenvalue weighted by Gasteiger charge is -2.14. The van der Waals surface area contributed by atoms with Crippen molar-refractivity contribution in [3.63, 3.8) is 0 Å². The smallest absolute Gasteiger partial charge is 0.142 e. The van der Waals surface area contributed by atoms with Crippen LogP contribution in [0.1, 0.15) is 11.1 Å². The summed E-state index contributed by atoms with van der Waals surface area (Å²) in [6, 6.07) is 13.9. The number of aromatic nitrogens is 2. The average Bonchev–Trinajstić information content (AvgIpc) is 3.03. The van der Waals surface area contributed by atoms with Gasteiger partial charge < -0.3 is 10.7 Å². The molecule has 3 N–H and O–H groups in total. The summed E-state index contributed by atoms with van der Waals surface area (Å²) in [6.45, 7) is 1.96. The molecular formula is C17H13BrN4. The fourth-order valence-corrected chi connectivity index (χ4v) is 2.78. The van der Waals surface area contributed by atoms with Gasteiger partial charge in [0.05, 0.1) is 5.69 Å². The number of nitriles is 1. The number of H-pyrrole nitrogens is 1. The van der Waals surface area contributed by atoms with Crippen LogP contribution in [0.3, 0.4) is 0 Å². The number of nitrogens with zero attached hydrogens (tertiary/aromatic N) is 2. The van der Waals surface area contributed by atoms with Crippen LogP contribution >= 0.6 is 15.9 Å². The number of aromatic amines is 1. The van der Waals surface area contributed by atoms with Gasteiger partial charge in [0.15, 0.2) is 0 Å². The first-order chi connectivity index (χ1) is 10.6. The molecule has 2 heterocycles. The van der Waals surface area contributed by atoms with E-state index in [2.05, 4.69) is 32.0 Å². The van der Waals surface area contributed by atoms with Gasteiger partial charge in [-0.05, 0) is 36.8 Å². The highest BCUT2D eigenvalue weighted by Crippen LogP contribution is 2.35. The summed E-state index contributed by atoms with van der Waals surface area (Å²) >= 11 is 3.43. The van der Waals surface area contributed by atoms with Crippen LogP contribution in [-0.4, -0.2) is 9.97 Å². The van der Waals surface area contributed by atoms with E-state index in [1.54, 1.807) is 0 Å². The number of hydrogen-bond donors (Lipinski definition) is 2. The lowest BCUT2D eigenvalue weighted by atomic mass is 9.96. The van der Waals surface area contributed by atoms with Crippen LogP contribution in [0, 0.1) is 18.3 Å². The predicted octanol–water partition coefficient (Wildman–Crippen LogP) is 4.27. The lowest BCUT2D eigenvalue weighted by molar-refractivity contribution is 1.24. The van der Waals surface area contributed by atoms with E-state index < -0.39 is 0 Å². The Hall–Kier alpha value is -2.58. The largest absolute Gasteiger partial charge is 0.383 e. The van der Waals surface area contributed by atoms with Crippen molar-refractivity contribution in [3.05, 3.63) is 58.2 Å². The number of nitrogen functional groups attached to an aromatic ring is 1. The minimum Gasteiger partial charge on any atom is -0.383 e. The van der Waals surface area contributed by atoms with E-state index in [4.69, 9.17) is 5.73 Å². The standard InChI is InChI=1S/C17H13BrN4/c1-10-15(14-3-2-8-21-14)13(9-19)17(20)22-16(10)11-4-6-12(18)7-5-11/h2-8,21H,1H3,(H2,20,22). The minimum absolute atomic E-state index is 0.246. The minimum atomic E-state index is 0.246. The molecule has 0 spiro atoms. The van der Waals surface area contributed by atoms with Gasteiger partial charge in [0.2, 0.25) is 0 Å². The molecule has 3 rings (SSSR count). The molecule has 0 radical (unpaired) electrons. The fraction of sp³-hybridized carbons (Fsp3) is 0.0588. The van der Waals surface area contributed by atoms with Crippen molar-refractivity contribution in [3.8, 4) is 28.6 Å². The van der Waals surface area contributed by atoms with Crippen molar-refractivity contribution in [2.75, 3.05) is 5.73 Å². The van der Waals surface area contributed by atoms with Crippen molar-refractivity contribution >= 4 is 21.7 Å². The third kappa shape index (κ3) is 2.38. The molecule has 4 nitrogen and oxygen atoms in total. The molecule has 0 saturated heterocycles. The molecule has 108 valence electrons. The molecule has 0 aliphatic heterocycles. The Morgan fingerprint density at radius 3 is 2.55 bits per heavy atom. The number of nitrogens with two attached hydrogens (primary N) is 1. The molecule has 0 bridgehead atoms. The number of pyridine rings is 1. The van der Waals surface area contributed by atoms with Crippen LogP contribution in [0.2, 0.25) is 0 Å². The number of rotatable bonds is 2. The second-order valence-electron chi connectivity index (χ2n) is 4.92. The highest BCUT2D eigenvalue weighted by Gasteiger charge is 2.18. The molecule has 0 unspecified atom stereocenters. The highest BCUT2D eigenvalue weighted by molar-refractivity contribution is 9.10. The second-order valence-corrected chi connectivity index (χ2v) is 5.84. The van der Waals surface area contributed by atoms with E-state index in [-0.39, 0.29) is 5.82 Å². The second kappa shape index (κ2) is 5.66. The Labute approximate surface area is 136 Å². The number of hydrogen-bond acceptors (Lipinski definition) is 3. The van der Waals surface area contributed by atoms with Crippen molar-refractivity contribution in [2.24, 2.45) is 0 Å². The van der Waals surface area contributed by atoms with E-state index in [1.807, 2.05) is 49.5 Å². The van der Waals surface area contributed by atoms with E-state index in [0.29, 0.717) is 5.56 Å². The Balaban J connectivity index is 2.30. The summed E-state index contributed by atoms with van der Waals surface area (Å²) in [7, 11) is 0. The van der Waals surface area contributed by atoms with Crippen molar-refractivity contribution in [2.45, 2.75) is 6.92 Å². The molecule has 0 atom stereocenters. The molecule has 0 aliphatic carbocycles. The summed E-state index contributed by atoms with van der Waals surface area (Å²) in [6.07, 6.45) is 1.83. The first kappa shape index (κ1) is 14.4. The zero-order valence-corrected chi connectivity index (χ0v) is 13.5. The fourth-order valence-electron chi connectivity index (χ4n) is 2.52. The van der Waals surface area contributed by atoms with Crippen LogP contribution in [0.5, 0.6) is 0 Å². The molecule has 0 fully saturated rings. The van der Waals surface area contributed by atoms with E-state index in [1.165, 1.54) is 0 Å². The molecule has 0 saturated carbocycles. The molecule has 0 amide bonds. The lowest BCUT2D eigenvalue weighted by Crippen LogP contribution is -2.03. The average molecular weight is 353 g/mol. The van der Waals surface area contributed by atoms with Gasteiger partial charge in [0, 0.05) is 27.5 Å². The Bertz CT molecular complexity index is 859. The van der Waals surface area contributed by atoms with Gasteiger partial charge in [-0.1, -0.05) is 28.1 Å². The molecule has 5 heteroatoms. The summed E-state index contributed by atoms with van der Waals surface area (Å²) in [5, 5.41) is 9.43. The molecule has 1 aromatic carbocycles. The van der Waals surface area contributed by atoms with Crippen LogP contribution in [0.15, 0.2) is 47.1 Å². The first-order valence-corrected chi connectivity index (χ1v) is 7.51. The maximum Gasteiger partial charge on any atom is 0.142 e. The first-order valence-electron chi connectivity index (χ1n) is 6.71. The van der Waals surface area contributed by atoms with Crippen LogP contribution in [0.25, 0.3) is 22.5 Å². The Kier molecular flexibility index (Phi) is 3.70. The normalized spacial score (nSPS) is 10.4. The van der Waals surface area contributed by atoms with E-state index >= 15 is 0 Å². The quantitative estimate of drug-likeness (QED) is 0.722. The van der Waals surface area contributed by atoms with Gasteiger partial charge in [-0.3, -0.25) is 0 Å². The number of halogens is 1. The Morgan fingerprint density at radius 1 is 1.23 bits per heavy atom. The number of nitrogens with one attached hydrogen (secondary N) is 1. The van der Waals surface area contributed by atoms with E-state index in [9.17, 15) is 5.26 Å². The van der Waals surface area contributed by atoms with Gasteiger partial charge in [0.25, 0.3) is 0 Å². The van der Waals surface area contributed by atoms with Gasteiger partial charge in [-0.2, -0.15) is 5.26 Å². The molecule has 22 heavy (non-hydrogen) atoms. The van der Waals surface area contributed by atoms with Crippen LogP contribution in [-0.2, 0) is 0 Å². The molecule has 3 aromatic rings. The zero-order chi connectivity index (χ0) is 15.7. The maximum absolute atomic E-state index is 9.43. The SMILES string of the molecule is Cc1c(-c2ccc(Br)cc2)nc(N)c(C#N)c1-c1ccc[nH]1. The Morgan fingerprint density at radius 2 is 1.95 bits per heavy atom. The van der Waals surface area contributed by atoms with Crippen molar-refractivity contribution < 1.29 is 0 Å². The van der Waals surface area contributed by atoms with Gasteiger partial charge in [-0.25, -0.2) is 4.98 Å². The van der Waals surface area contributed by atoms with Gasteiger partial charge in [0.1, 0.15) is 17.5 Å². The van der Waals surface area contributed by atoms with Gasteiger partial charge in [-0.15, -0.1) is 0 Å². The van der Waals surface area contributed by atoms with Crippen LogP contribution < -0.4 is 5.73 Å². The summed E-state index contributed by atoms with van der Waals surface area (Å²) in [5.74, 6) is 0.246. The number of anilines is 1. The third-order valence-corrected chi connectivity index (χ3v) is 4.09. The van der Waals surface area contributed by atoms with Crippen molar-refractivity contribution in [1.29, 1.82) is 5.26 Å². The number of benzene rings is 1. The van der Waals surface area contributed by atoms with Crippen molar-refractivity contribution in [1.82, 2.24) is 9.97 Å². The van der Waals surface area contributed by atoms with Crippen LogP contribution in [0.4, 0.5) is 5.82 Å². The summed E-state index contributed by atoms with van der Waals surface area (Å²) in [4.78, 5) is 7.58. The molecule has 2 aromatic heterocycles. The maximum atomic E-state index is 9.43. The molecular weight excluding hydrogens is 340 g/mol. The zero-order valence-electron chi connectivity index (χ0n) is 11.9. The topological polar surface area (TPSA) is 78.5 Å². The monoisotopic (exact) mass is 352 g/mol. The van der Waals surface area contributed by atoms with Gasteiger partial charge >= 0.3 is 0 Å². The van der Waals surface area contributed by atoms with E-state index in [0.717, 1.165) is 32.6 Å².